The average molecular weight is 479 g/mol. The Labute approximate surface area is 204 Å². The molecule has 3 N–H and O–H groups in total. The van der Waals surface area contributed by atoms with Crippen LogP contribution >= 0.6 is 0 Å². The zero-order valence-corrected chi connectivity index (χ0v) is 19.5. The quantitative estimate of drug-likeness (QED) is 0.537. The number of carbonyl (C=O) groups excluding carboxylic acids is 2. The van der Waals surface area contributed by atoms with Crippen LogP contribution in [0.15, 0.2) is 48.5 Å². The molecule has 3 aliphatic rings. The van der Waals surface area contributed by atoms with E-state index in [0.29, 0.717) is 6.54 Å². The Morgan fingerprint density at radius 2 is 1.66 bits per heavy atom. The van der Waals surface area contributed by atoms with E-state index in [1.807, 2.05) is 24.3 Å². The molecule has 35 heavy (non-hydrogen) atoms. The highest BCUT2D eigenvalue weighted by Crippen LogP contribution is 2.45. The first kappa shape index (κ1) is 23.4. The van der Waals surface area contributed by atoms with Gasteiger partial charge in [0.15, 0.2) is 0 Å². The molecule has 184 valence electrons. The van der Waals surface area contributed by atoms with E-state index in [4.69, 9.17) is 9.47 Å². The Balaban J connectivity index is 1.14. The van der Waals surface area contributed by atoms with Gasteiger partial charge in [0, 0.05) is 18.9 Å². The van der Waals surface area contributed by atoms with Gasteiger partial charge in [-0.25, -0.2) is 4.79 Å². The van der Waals surface area contributed by atoms with Gasteiger partial charge in [-0.15, -0.1) is 0 Å². The summed E-state index contributed by atoms with van der Waals surface area (Å²) in [4.78, 5) is 36.6. The van der Waals surface area contributed by atoms with E-state index in [1.54, 1.807) is 0 Å². The molecular weight excluding hydrogens is 448 g/mol. The number of rotatable bonds is 8. The summed E-state index contributed by atoms with van der Waals surface area (Å²) in [6, 6.07) is 15.8. The van der Waals surface area contributed by atoms with Gasteiger partial charge >= 0.3 is 12.1 Å². The second kappa shape index (κ2) is 9.70. The van der Waals surface area contributed by atoms with Crippen LogP contribution in [-0.2, 0) is 19.1 Å². The van der Waals surface area contributed by atoms with E-state index < -0.39 is 24.0 Å². The summed E-state index contributed by atoms with van der Waals surface area (Å²) in [7, 11) is 0. The summed E-state index contributed by atoms with van der Waals surface area (Å²) in [5, 5.41) is 15.0. The second-order valence-electron chi connectivity index (χ2n) is 9.87. The minimum absolute atomic E-state index is 0.00703. The lowest BCUT2D eigenvalue weighted by atomic mass is 9.66. The third-order valence-electron chi connectivity index (χ3n) is 7.65. The van der Waals surface area contributed by atoms with E-state index in [0.717, 1.165) is 30.4 Å². The molecule has 5 rings (SSSR count). The van der Waals surface area contributed by atoms with Crippen molar-refractivity contribution in [2.24, 2.45) is 11.3 Å². The predicted molar refractivity (Wildman–Crippen MR) is 128 cm³/mol. The maximum Gasteiger partial charge on any atom is 0.407 e. The van der Waals surface area contributed by atoms with Gasteiger partial charge in [0.1, 0.15) is 12.5 Å². The molecule has 1 aliphatic heterocycles. The number of ether oxygens (including phenoxy) is 2. The van der Waals surface area contributed by atoms with Crippen LogP contribution in [-0.4, -0.2) is 55.5 Å². The molecular formula is C27H30N2O6. The Kier molecular flexibility index (Phi) is 6.47. The van der Waals surface area contributed by atoms with E-state index in [9.17, 15) is 19.5 Å². The highest BCUT2D eigenvalue weighted by molar-refractivity contribution is 5.80. The zero-order valence-electron chi connectivity index (χ0n) is 19.5. The molecule has 2 aliphatic carbocycles. The average Bonchev–Trinajstić information content (AvgIpc) is 3.42. The number of benzene rings is 2. The van der Waals surface area contributed by atoms with Crippen molar-refractivity contribution in [2.45, 2.75) is 37.6 Å². The lowest BCUT2D eigenvalue weighted by Gasteiger charge is -2.41. The van der Waals surface area contributed by atoms with Crippen molar-refractivity contribution < 1.29 is 29.0 Å². The standard InChI is InChI=1S/C27H30N2O6/c30-24(29-23-15-34-13-22(23)25(31)32)12-27(10-5-11-27)16-28-26(33)35-14-21-19-8-3-1-6-17(19)18-7-2-4-9-20(18)21/h1-4,6-9,21-23H,5,10-16H2,(H,28,33)(H,29,30)(H,31,32). The van der Waals surface area contributed by atoms with Crippen LogP contribution < -0.4 is 10.6 Å². The summed E-state index contributed by atoms with van der Waals surface area (Å²) in [5.41, 5.74) is 4.34. The number of carboxylic acid groups (broad SMARTS) is 1. The van der Waals surface area contributed by atoms with Gasteiger partial charge in [0.2, 0.25) is 5.91 Å². The van der Waals surface area contributed by atoms with Crippen LogP contribution in [0.4, 0.5) is 4.79 Å². The van der Waals surface area contributed by atoms with E-state index >= 15 is 0 Å². The van der Waals surface area contributed by atoms with Crippen LogP contribution in [0.25, 0.3) is 11.1 Å². The number of hydrogen-bond donors (Lipinski definition) is 3. The van der Waals surface area contributed by atoms with Crippen molar-refractivity contribution in [1.29, 1.82) is 0 Å². The third-order valence-corrected chi connectivity index (χ3v) is 7.65. The maximum absolute atomic E-state index is 12.7. The van der Waals surface area contributed by atoms with Gasteiger partial charge < -0.3 is 25.2 Å². The first-order chi connectivity index (χ1) is 17.0. The Morgan fingerprint density at radius 1 is 1.00 bits per heavy atom. The fraction of sp³-hybridized carbons (Fsp3) is 0.444. The van der Waals surface area contributed by atoms with Crippen LogP contribution in [0, 0.1) is 11.3 Å². The molecule has 2 amide bonds. The van der Waals surface area contributed by atoms with Crippen molar-refractivity contribution in [3.63, 3.8) is 0 Å². The third kappa shape index (κ3) is 4.75. The monoisotopic (exact) mass is 478 g/mol. The second-order valence-corrected chi connectivity index (χ2v) is 9.87. The zero-order chi connectivity index (χ0) is 24.4. The molecule has 1 saturated carbocycles. The predicted octanol–water partition coefficient (Wildman–Crippen LogP) is 3.30. The number of hydrogen-bond acceptors (Lipinski definition) is 5. The van der Waals surface area contributed by atoms with Gasteiger partial charge in [-0.3, -0.25) is 9.59 Å². The van der Waals surface area contributed by atoms with Crippen molar-refractivity contribution in [3.8, 4) is 11.1 Å². The van der Waals surface area contributed by atoms with Gasteiger partial charge in [-0.1, -0.05) is 55.0 Å². The number of fused-ring (bicyclic) bond motifs is 3. The largest absolute Gasteiger partial charge is 0.481 e. The van der Waals surface area contributed by atoms with Crippen molar-refractivity contribution >= 4 is 18.0 Å². The minimum atomic E-state index is -0.969. The molecule has 8 heteroatoms. The number of carbonyl (C=O) groups is 3. The molecule has 1 saturated heterocycles. The van der Waals surface area contributed by atoms with Crippen LogP contribution in [0.1, 0.15) is 42.7 Å². The summed E-state index contributed by atoms with van der Waals surface area (Å²) < 4.78 is 10.8. The molecule has 2 unspecified atom stereocenters. The molecule has 2 aromatic rings. The Morgan fingerprint density at radius 3 is 2.26 bits per heavy atom. The molecule has 0 aromatic heterocycles. The fourth-order valence-electron chi connectivity index (χ4n) is 5.54. The molecule has 2 aromatic carbocycles. The van der Waals surface area contributed by atoms with Crippen LogP contribution in [0.2, 0.25) is 0 Å². The number of carboxylic acids is 1. The Bertz CT molecular complexity index is 1080. The highest BCUT2D eigenvalue weighted by atomic mass is 16.5. The minimum Gasteiger partial charge on any atom is -0.481 e. The maximum atomic E-state index is 12.7. The first-order valence-corrected chi connectivity index (χ1v) is 12.1. The molecule has 1 heterocycles. The van der Waals surface area contributed by atoms with E-state index in [2.05, 4.69) is 34.9 Å². The number of aliphatic carboxylic acids is 1. The molecule has 0 radical (unpaired) electrons. The Hall–Kier alpha value is -3.39. The van der Waals surface area contributed by atoms with E-state index in [-0.39, 0.29) is 43.5 Å². The van der Waals surface area contributed by atoms with Gasteiger partial charge in [-0.2, -0.15) is 0 Å². The van der Waals surface area contributed by atoms with Crippen molar-refractivity contribution in [3.05, 3.63) is 59.7 Å². The smallest absolute Gasteiger partial charge is 0.407 e. The fourth-order valence-corrected chi connectivity index (χ4v) is 5.54. The highest BCUT2D eigenvalue weighted by Gasteiger charge is 2.41. The summed E-state index contributed by atoms with van der Waals surface area (Å²) in [6.45, 7) is 0.898. The summed E-state index contributed by atoms with van der Waals surface area (Å²) >= 11 is 0. The molecule has 0 bridgehead atoms. The van der Waals surface area contributed by atoms with Gasteiger partial charge in [0.05, 0.1) is 19.3 Å². The summed E-state index contributed by atoms with van der Waals surface area (Å²) in [6.07, 6.45) is 2.39. The van der Waals surface area contributed by atoms with Crippen molar-refractivity contribution in [1.82, 2.24) is 10.6 Å². The lowest BCUT2D eigenvalue weighted by Crippen LogP contribution is -2.48. The normalized spacial score (nSPS) is 21.9. The number of alkyl carbamates (subject to hydrolysis) is 1. The number of amides is 2. The molecule has 8 nitrogen and oxygen atoms in total. The molecule has 0 spiro atoms. The SMILES string of the molecule is O=C(CC1(CNC(=O)OCC2c3ccccc3-c3ccccc32)CCC1)NC1COCC1C(=O)O. The molecule has 2 fully saturated rings. The molecule has 2 atom stereocenters. The van der Waals surface area contributed by atoms with E-state index in [1.165, 1.54) is 11.1 Å². The topological polar surface area (TPSA) is 114 Å². The van der Waals surface area contributed by atoms with Crippen LogP contribution in [0.3, 0.4) is 0 Å². The first-order valence-electron chi connectivity index (χ1n) is 12.1. The van der Waals surface area contributed by atoms with Crippen LogP contribution in [0.5, 0.6) is 0 Å². The number of nitrogens with one attached hydrogen (secondary N) is 2. The lowest BCUT2D eigenvalue weighted by molar-refractivity contribution is -0.142. The van der Waals surface area contributed by atoms with Crippen molar-refractivity contribution in [2.75, 3.05) is 26.4 Å². The van der Waals surface area contributed by atoms with Gasteiger partial charge in [0.25, 0.3) is 0 Å². The summed E-state index contributed by atoms with van der Waals surface area (Å²) in [5.74, 6) is -1.91. The van der Waals surface area contributed by atoms with Gasteiger partial charge in [-0.05, 0) is 40.5 Å².